The van der Waals surface area contributed by atoms with Gasteiger partial charge in [0.25, 0.3) is 0 Å². The monoisotopic (exact) mass is 394 g/mol. The average Bonchev–Trinajstić information content (AvgIpc) is 2.69. The minimum atomic E-state index is -0.532. The number of halogens is 1. The predicted octanol–water partition coefficient (Wildman–Crippen LogP) is 2.86. The van der Waals surface area contributed by atoms with Gasteiger partial charge in [0.15, 0.2) is 0 Å². The van der Waals surface area contributed by atoms with Gasteiger partial charge in [0.2, 0.25) is 5.91 Å². The Hall–Kier alpha value is -1.14. The van der Waals surface area contributed by atoms with Crippen LogP contribution in [0.1, 0.15) is 32.3 Å². The van der Waals surface area contributed by atoms with Crippen molar-refractivity contribution in [3.63, 3.8) is 0 Å². The molecule has 0 spiro atoms. The van der Waals surface area contributed by atoms with Crippen molar-refractivity contribution in [3.8, 4) is 0 Å². The standard InChI is InChI=1S/C21H31ClN2O3/c1-16(2)19(24-9-13-27-14-10-24)15-23-20(25)21(7-11-26-12-8-21)17-3-5-18(22)6-4-17/h3-6,16,19H,7-15H2,1-2H3,(H,23,25)/t19-/m1/s1. The van der Waals surface area contributed by atoms with Crippen molar-refractivity contribution < 1.29 is 14.3 Å². The number of carbonyl (C=O) groups excluding carboxylic acids is 1. The second-order valence-corrected chi connectivity index (χ2v) is 8.31. The van der Waals surface area contributed by atoms with Crippen LogP contribution in [0.5, 0.6) is 0 Å². The summed E-state index contributed by atoms with van der Waals surface area (Å²) in [5.41, 5.74) is 0.496. The molecule has 0 bridgehead atoms. The molecule has 0 unspecified atom stereocenters. The SMILES string of the molecule is CC(C)[C@@H](CNC(=O)C1(c2ccc(Cl)cc2)CCOCC1)N1CCOCC1. The number of hydrogen-bond acceptors (Lipinski definition) is 4. The van der Waals surface area contributed by atoms with Crippen molar-refractivity contribution in [2.75, 3.05) is 46.1 Å². The molecule has 2 saturated heterocycles. The maximum absolute atomic E-state index is 13.4. The van der Waals surface area contributed by atoms with Crippen LogP contribution in [0, 0.1) is 5.92 Å². The first-order valence-corrected chi connectivity index (χ1v) is 10.3. The number of rotatable bonds is 6. The number of carbonyl (C=O) groups is 1. The highest BCUT2D eigenvalue weighted by atomic mass is 35.5. The molecule has 150 valence electrons. The van der Waals surface area contributed by atoms with E-state index in [9.17, 15) is 4.79 Å². The van der Waals surface area contributed by atoms with Crippen molar-refractivity contribution in [2.24, 2.45) is 5.92 Å². The quantitative estimate of drug-likeness (QED) is 0.806. The summed E-state index contributed by atoms with van der Waals surface area (Å²) in [5.74, 6) is 0.566. The molecule has 2 fully saturated rings. The van der Waals surface area contributed by atoms with Crippen LogP contribution in [0.4, 0.5) is 0 Å². The van der Waals surface area contributed by atoms with E-state index in [0.717, 1.165) is 31.9 Å². The summed E-state index contributed by atoms with van der Waals surface area (Å²) in [7, 11) is 0. The van der Waals surface area contributed by atoms with Crippen molar-refractivity contribution in [1.82, 2.24) is 10.2 Å². The molecule has 1 aromatic rings. The zero-order valence-corrected chi connectivity index (χ0v) is 17.1. The molecule has 6 heteroatoms. The summed E-state index contributed by atoms with van der Waals surface area (Å²) in [4.78, 5) is 15.8. The molecule has 5 nitrogen and oxygen atoms in total. The predicted molar refractivity (Wildman–Crippen MR) is 107 cm³/mol. The minimum Gasteiger partial charge on any atom is -0.381 e. The number of benzene rings is 1. The van der Waals surface area contributed by atoms with E-state index in [2.05, 4.69) is 24.1 Å². The van der Waals surface area contributed by atoms with Gasteiger partial charge in [-0.2, -0.15) is 0 Å². The highest BCUT2D eigenvalue weighted by molar-refractivity contribution is 6.30. The number of ether oxygens (including phenoxy) is 2. The lowest BCUT2D eigenvalue weighted by Gasteiger charge is -2.39. The molecule has 2 heterocycles. The normalized spacial score (nSPS) is 21.8. The van der Waals surface area contributed by atoms with Crippen LogP contribution in [-0.2, 0) is 19.7 Å². The fourth-order valence-electron chi connectivity index (χ4n) is 4.20. The van der Waals surface area contributed by atoms with Gasteiger partial charge in [-0.1, -0.05) is 37.6 Å². The molecular formula is C21H31ClN2O3. The zero-order chi connectivity index (χ0) is 19.3. The van der Waals surface area contributed by atoms with Crippen LogP contribution in [0.3, 0.4) is 0 Å². The molecule has 0 aliphatic carbocycles. The molecule has 2 aliphatic rings. The third kappa shape index (κ3) is 4.83. The summed E-state index contributed by atoms with van der Waals surface area (Å²) in [6.45, 7) is 9.69. The largest absolute Gasteiger partial charge is 0.381 e. The number of morpholine rings is 1. The molecule has 0 aromatic heterocycles. The topological polar surface area (TPSA) is 50.8 Å². The molecule has 27 heavy (non-hydrogen) atoms. The van der Waals surface area contributed by atoms with Gasteiger partial charge in [-0.05, 0) is 36.5 Å². The first kappa shape index (κ1) is 20.6. The average molecular weight is 395 g/mol. The van der Waals surface area contributed by atoms with Crippen LogP contribution in [0.15, 0.2) is 24.3 Å². The second kappa shape index (κ2) is 9.37. The first-order chi connectivity index (χ1) is 13.0. The molecule has 1 amide bonds. The van der Waals surface area contributed by atoms with Gasteiger partial charge in [-0.15, -0.1) is 0 Å². The van der Waals surface area contributed by atoms with Crippen molar-refractivity contribution in [1.29, 1.82) is 0 Å². The number of nitrogens with zero attached hydrogens (tertiary/aromatic N) is 1. The second-order valence-electron chi connectivity index (χ2n) is 7.87. The van der Waals surface area contributed by atoms with Crippen LogP contribution in [-0.4, -0.2) is 62.9 Å². The van der Waals surface area contributed by atoms with E-state index in [1.54, 1.807) is 0 Å². The smallest absolute Gasteiger partial charge is 0.230 e. The molecule has 1 N–H and O–H groups in total. The lowest BCUT2D eigenvalue weighted by molar-refractivity contribution is -0.131. The Bertz CT molecular complexity index is 608. The molecular weight excluding hydrogens is 364 g/mol. The van der Waals surface area contributed by atoms with Crippen LogP contribution < -0.4 is 5.32 Å². The Morgan fingerprint density at radius 2 is 1.70 bits per heavy atom. The van der Waals surface area contributed by atoms with Gasteiger partial charge < -0.3 is 14.8 Å². The molecule has 3 rings (SSSR count). The Morgan fingerprint density at radius 3 is 2.30 bits per heavy atom. The minimum absolute atomic E-state index is 0.104. The summed E-state index contributed by atoms with van der Waals surface area (Å²) >= 11 is 6.06. The Balaban J connectivity index is 1.73. The molecule has 1 atom stereocenters. The fourth-order valence-corrected chi connectivity index (χ4v) is 4.32. The number of nitrogens with one attached hydrogen (secondary N) is 1. The molecule has 2 aliphatic heterocycles. The van der Waals surface area contributed by atoms with E-state index in [4.69, 9.17) is 21.1 Å². The van der Waals surface area contributed by atoms with E-state index in [1.165, 1.54) is 0 Å². The summed E-state index contributed by atoms with van der Waals surface area (Å²) in [6, 6.07) is 8.02. The summed E-state index contributed by atoms with van der Waals surface area (Å²) in [6.07, 6.45) is 1.40. The summed E-state index contributed by atoms with van der Waals surface area (Å²) in [5, 5.41) is 3.96. The third-order valence-electron chi connectivity index (χ3n) is 5.93. The third-order valence-corrected chi connectivity index (χ3v) is 6.19. The summed E-state index contributed by atoms with van der Waals surface area (Å²) < 4.78 is 11.0. The Labute approximate surface area is 167 Å². The van der Waals surface area contributed by atoms with Gasteiger partial charge in [-0.25, -0.2) is 0 Å². The van der Waals surface area contributed by atoms with Gasteiger partial charge in [-0.3, -0.25) is 9.69 Å². The van der Waals surface area contributed by atoms with Gasteiger partial charge >= 0.3 is 0 Å². The van der Waals surface area contributed by atoms with E-state index < -0.39 is 5.41 Å². The molecule has 0 radical (unpaired) electrons. The first-order valence-electron chi connectivity index (χ1n) is 9.97. The van der Waals surface area contributed by atoms with E-state index in [0.29, 0.717) is 49.6 Å². The lowest BCUT2D eigenvalue weighted by atomic mass is 9.73. The Morgan fingerprint density at radius 1 is 1.11 bits per heavy atom. The molecule has 1 aromatic carbocycles. The maximum atomic E-state index is 13.4. The lowest BCUT2D eigenvalue weighted by Crippen LogP contribution is -2.54. The van der Waals surface area contributed by atoms with Crippen LogP contribution >= 0.6 is 11.6 Å². The van der Waals surface area contributed by atoms with Gasteiger partial charge in [0.1, 0.15) is 0 Å². The van der Waals surface area contributed by atoms with Crippen molar-refractivity contribution >= 4 is 17.5 Å². The van der Waals surface area contributed by atoms with Gasteiger partial charge in [0.05, 0.1) is 18.6 Å². The van der Waals surface area contributed by atoms with E-state index in [1.807, 2.05) is 24.3 Å². The highest BCUT2D eigenvalue weighted by Crippen LogP contribution is 2.35. The van der Waals surface area contributed by atoms with E-state index >= 15 is 0 Å². The van der Waals surface area contributed by atoms with Crippen LogP contribution in [0.25, 0.3) is 0 Å². The number of hydrogen-bond donors (Lipinski definition) is 1. The van der Waals surface area contributed by atoms with Crippen LogP contribution in [0.2, 0.25) is 5.02 Å². The fraction of sp³-hybridized carbons (Fsp3) is 0.667. The van der Waals surface area contributed by atoms with Gasteiger partial charge in [0, 0.05) is 43.9 Å². The number of amides is 1. The molecule has 0 saturated carbocycles. The zero-order valence-electron chi connectivity index (χ0n) is 16.4. The van der Waals surface area contributed by atoms with E-state index in [-0.39, 0.29) is 5.91 Å². The Kier molecular flexibility index (Phi) is 7.15. The maximum Gasteiger partial charge on any atom is 0.230 e. The van der Waals surface area contributed by atoms with Crippen molar-refractivity contribution in [2.45, 2.75) is 38.1 Å². The van der Waals surface area contributed by atoms with Crippen molar-refractivity contribution in [3.05, 3.63) is 34.9 Å². The highest BCUT2D eigenvalue weighted by Gasteiger charge is 2.42.